The third kappa shape index (κ3) is 2.30. The number of aryl methyl sites for hydroxylation is 1. The van der Waals surface area contributed by atoms with Crippen LogP contribution in [0.5, 0.6) is 0 Å². The van der Waals surface area contributed by atoms with Gasteiger partial charge in [0, 0.05) is 5.69 Å². The first-order valence-corrected chi connectivity index (χ1v) is 3.64. The summed E-state index contributed by atoms with van der Waals surface area (Å²) in [6, 6.07) is 0.899. The smallest absolute Gasteiger partial charge is 0.368 e. The standard InChI is InChI=1S/C7H8F3N3/c1-2-4-3-5(7(8,9)10)13-6(11)12-4/h3H,2H2,1H3,(H2,11,12,13). The monoisotopic (exact) mass is 191 g/mol. The molecule has 1 aromatic rings. The van der Waals surface area contributed by atoms with E-state index in [0.29, 0.717) is 12.1 Å². The summed E-state index contributed by atoms with van der Waals surface area (Å²) in [6.07, 6.45) is -4.06. The second kappa shape index (κ2) is 3.20. The molecule has 2 N–H and O–H groups in total. The highest BCUT2D eigenvalue weighted by Crippen LogP contribution is 2.28. The molecule has 0 unspecified atom stereocenters. The third-order valence-corrected chi connectivity index (χ3v) is 1.45. The molecule has 3 nitrogen and oxygen atoms in total. The van der Waals surface area contributed by atoms with Gasteiger partial charge in [-0.1, -0.05) is 6.92 Å². The van der Waals surface area contributed by atoms with Gasteiger partial charge in [0.05, 0.1) is 0 Å². The van der Waals surface area contributed by atoms with E-state index in [0.717, 1.165) is 6.07 Å². The minimum Gasteiger partial charge on any atom is -0.368 e. The van der Waals surface area contributed by atoms with Gasteiger partial charge >= 0.3 is 6.18 Å². The third-order valence-electron chi connectivity index (χ3n) is 1.45. The molecule has 1 aromatic heterocycles. The van der Waals surface area contributed by atoms with Crippen LogP contribution >= 0.6 is 0 Å². The Kier molecular flexibility index (Phi) is 2.40. The molecule has 72 valence electrons. The van der Waals surface area contributed by atoms with Crippen molar-refractivity contribution in [3.05, 3.63) is 17.5 Å². The molecular weight excluding hydrogens is 183 g/mol. The summed E-state index contributed by atoms with van der Waals surface area (Å²) in [5.41, 5.74) is 4.41. The van der Waals surface area contributed by atoms with Crippen molar-refractivity contribution < 1.29 is 13.2 Å². The molecule has 0 fully saturated rings. The average Bonchev–Trinajstić information content (AvgIpc) is 2.01. The van der Waals surface area contributed by atoms with E-state index in [-0.39, 0.29) is 5.95 Å². The Balaban J connectivity index is 3.16. The zero-order valence-corrected chi connectivity index (χ0v) is 6.89. The van der Waals surface area contributed by atoms with Gasteiger partial charge in [0.25, 0.3) is 0 Å². The maximum Gasteiger partial charge on any atom is 0.433 e. The van der Waals surface area contributed by atoms with Gasteiger partial charge < -0.3 is 5.73 Å². The van der Waals surface area contributed by atoms with Crippen LogP contribution in [0, 0.1) is 0 Å². The molecule has 0 aliphatic rings. The van der Waals surface area contributed by atoms with Gasteiger partial charge in [-0.3, -0.25) is 0 Å². The summed E-state index contributed by atoms with van der Waals surface area (Å²) in [6.45, 7) is 1.70. The summed E-state index contributed by atoms with van der Waals surface area (Å²) in [7, 11) is 0. The van der Waals surface area contributed by atoms with Crippen LogP contribution in [0.25, 0.3) is 0 Å². The molecule has 0 radical (unpaired) electrons. The van der Waals surface area contributed by atoms with Crippen molar-refractivity contribution in [1.29, 1.82) is 0 Å². The molecule has 0 bridgehead atoms. The second-order valence-electron chi connectivity index (χ2n) is 2.45. The van der Waals surface area contributed by atoms with Crippen molar-refractivity contribution in [2.75, 3.05) is 5.73 Å². The fourth-order valence-electron chi connectivity index (χ4n) is 0.844. The van der Waals surface area contributed by atoms with E-state index in [1.54, 1.807) is 6.92 Å². The number of rotatable bonds is 1. The molecule has 0 aliphatic heterocycles. The largest absolute Gasteiger partial charge is 0.433 e. The summed E-state index contributed by atoms with van der Waals surface area (Å²) in [5.74, 6) is -0.341. The first kappa shape index (κ1) is 9.76. The van der Waals surface area contributed by atoms with Crippen LogP contribution in [-0.2, 0) is 12.6 Å². The first-order valence-electron chi connectivity index (χ1n) is 3.64. The number of nitrogens with two attached hydrogens (primary N) is 1. The Hall–Kier alpha value is -1.33. The number of halogens is 3. The lowest BCUT2D eigenvalue weighted by atomic mass is 10.2. The lowest BCUT2D eigenvalue weighted by molar-refractivity contribution is -0.141. The molecule has 0 aliphatic carbocycles. The quantitative estimate of drug-likeness (QED) is 0.734. The minimum absolute atomic E-state index is 0.292. The van der Waals surface area contributed by atoms with E-state index in [2.05, 4.69) is 9.97 Å². The lowest BCUT2D eigenvalue weighted by Gasteiger charge is -2.07. The van der Waals surface area contributed by atoms with E-state index >= 15 is 0 Å². The van der Waals surface area contributed by atoms with Crippen molar-refractivity contribution in [2.24, 2.45) is 0 Å². The van der Waals surface area contributed by atoms with E-state index < -0.39 is 11.9 Å². The van der Waals surface area contributed by atoms with Gasteiger partial charge in [0.1, 0.15) is 5.69 Å². The molecule has 0 saturated heterocycles. The molecule has 6 heteroatoms. The fourth-order valence-corrected chi connectivity index (χ4v) is 0.844. The number of hydrogen-bond donors (Lipinski definition) is 1. The van der Waals surface area contributed by atoms with Crippen molar-refractivity contribution in [3.8, 4) is 0 Å². The number of aromatic nitrogens is 2. The van der Waals surface area contributed by atoms with Crippen LogP contribution in [0.15, 0.2) is 6.07 Å². The molecule has 0 saturated carbocycles. The molecule has 0 spiro atoms. The predicted molar refractivity (Wildman–Crippen MR) is 40.8 cm³/mol. The van der Waals surface area contributed by atoms with Crippen molar-refractivity contribution in [2.45, 2.75) is 19.5 Å². The molecular formula is C7H8F3N3. The van der Waals surface area contributed by atoms with Gasteiger partial charge in [-0.05, 0) is 12.5 Å². The highest BCUT2D eigenvalue weighted by atomic mass is 19.4. The second-order valence-corrected chi connectivity index (χ2v) is 2.45. The number of alkyl halides is 3. The van der Waals surface area contributed by atoms with Crippen molar-refractivity contribution >= 4 is 5.95 Å². The normalized spacial score (nSPS) is 11.7. The van der Waals surface area contributed by atoms with Gasteiger partial charge in [-0.25, -0.2) is 9.97 Å². The van der Waals surface area contributed by atoms with Crippen LogP contribution in [-0.4, -0.2) is 9.97 Å². The van der Waals surface area contributed by atoms with E-state index in [1.807, 2.05) is 0 Å². The number of anilines is 1. The molecule has 0 aromatic carbocycles. The Morgan fingerprint density at radius 2 is 2.00 bits per heavy atom. The van der Waals surface area contributed by atoms with E-state index in [4.69, 9.17) is 5.73 Å². The lowest BCUT2D eigenvalue weighted by Crippen LogP contribution is -2.11. The molecule has 0 amide bonds. The molecule has 1 heterocycles. The maximum atomic E-state index is 12.1. The number of nitrogen functional groups attached to an aromatic ring is 1. The highest BCUT2D eigenvalue weighted by Gasteiger charge is 2.33. The molecule has 0 atom stereocenters. The van der Waals surface area contributed by atoms with E-state index in [1.165, 1.54) is 0 Å². The van der Waals surface area contributed by atoms with E-state index in [9.17, 15) is 13.2 Å². The van der Waals surface area contributed by atoms with Crippen LogP contribution in [0.2, 0.25) is 0 Å². The van der Waals surface area contributed by atoms with Crippen LogP contribution in [0.4, 0.5) is 19.1 Å². The van der Waals surface area contributed by atoms with Gasteiger partial charge in [0.2, 0.25) is 5.95 Å². The first-order chi connectivity index (χ1) is 5.93. The topological polar surface area (TPSA) is 51.8 Å². The maximum absolute atomic E-state index is 12.1. The Labute approximate surface area is 72.8 Å². The van der Waals surface area contributed by atoms with Crippen LogP contribution in [0.1, 0.15) is 18.3 Å². The predicted octanol–water partition coefficient (Wildman–Crippen LogP) is 1.64. The molecule has 1 rings (SSSR count). The zero-order chi connectivity index (χ0) is 10.1. The average molecular weight is 191 g/mol. The summed E-state index contributed by atoms with van der Waals surface area (Å²) in [5, 5.41) is 0. The van der Waals surface area contributed by atoms with Gasteiger partial charge in [-0.2, -0.15) is 13.2 Å². The fraction of sp³-hybridized carbons (Fsp3) is 0.429. The minimum atomic E-state index is -4.46. The van der Waals surface area contributed by atoms with Gasteiger partial charge in [0.15, 0.2) is 0 Å². The number of hydrogen-bond acceptors (Lipinski definition) is 3. The Morgan fingerprint density at radius 3 is 2.46 bits per heavy atom. The summed E-state index contributed by atoms with van der Waals surface area (Å²) >= 11 is 0. The Bertz CT molecular complexity index is 308. The summed E-state index contributed by atoms with van der Waals surface area (Å²) < 4.78 is 36.4. The zero-order valence-electron chi connectivity index (χ0n) is 6.89. The van der Waals surface area contributed by atoms with Gasteiger partial charge in [-0.15, -0.1) is 0 Å². The van der Waals surface area contributed by atoms with Crippen LogP contribution < -0.4 is 5.73 Å². The molecule has 13 heavy (non-hydrogen) atoms. The van der Waals surface area contributed by atoms with Crippen LogP contribution in [0.3, 0.4) is 0 Å². The Morgan fingerprint density at radius 1 is 1.38 bits per heavy atom. The SMILES string of the molecule is CCc1cc(C(F)(F)F)nc(N)n1. The number of nitrogens with zero attached hydrogens (tertiary/aromatic N) is 2. The highest BCUT2D eigenvalue weighted by molar-refractivity contribution is 5.24. The van der Waals surface area contributed by atoms with Crippen molar-refractivity contribution in [1.82, 2.24) is 9.97 Å². The summed E-state index contributed by atoms with van der Waals surface area (Å²) in [4.78, 5) is 6.73. The van der Waals surface area contributed by atoms with Crippen molar-refractivity contribution in [3.63, 3.8) is 0 Å².